The minimum absolute atomic E-state index is 0.218. The predicted molar refractivity (Wildman–Crippen MR) is 87.2 cm³/mol. The van der Waals surface area contributed by atoms with E-state index in [1.807, 2.05) is 0 Å². The summed E-state index contributed by atoms with van der Waals surface area (Å²) in [5, 5.41) is 9.58. The molecule has 4 heterocycles. The Labute approximate surface area is 141 Å². The van der Waals surface area contributed by atoms with Crippen LogP contribution in [0.25, 0.3) is 22.7 Å². The molecule has 8 heteroatoms. The molecule has 0 spiro atoms. The largest absolute Gasteiger partial charge is 0.472 e. The Kier molecular flexibility index (Phi) is 3.83. The first-order valence-corrected chi connectivity index (χ1v) is 7.51. The Bertz CT molecular complexity index is 974. The first-order valence-electron chi connectivity index (χ1n) is 7.51. The molecule has 2 N–H and O–H groups in total. The number of hydrogen-bond acceptors (Lipinski definition) is 6. The van der Waals surface area contributed by atoms with Crippen molar-refractivity contribution in [1.82, 2.24) is 25.5 Å². The zero-order valence-electron chi connectivity index (χ0n) is 13.0. The Balaban J connectivity index is 1.48. The Hall–Kier alpha value is -3.68. The summed E-state index contributed by atoms with van der Waals surface area (Å²) in [7, 11) is 0. The monoisotopic (exact) mass is 335 g/mol. The number of aromatic nitrogens is 4. The van der Waals surface area contributed by atoms with Crippen LogP contribution < -0.4 is 5.32 Å². The van der Waals surface area contributed by atoms with E-state index in [1.165, 1.54) is 0 Å². The van der Waals surface area contributed by atoms with Crippen LogP contribution in [0.15, 0.2) is 64.3 Å². The summed E-state index contributed by atoms with van der Waals surface area (Å²) < 4.78 is 10.3. The first-order chi connectivity index (χ1) is 12.3. The summed E-state index contributed by atoms with van der Waals surface area (Å²) >= 11 is 0. The van der Waals surface area contributed by atoms with Crippen molar-refractivity contribution in [1.29, 1.82) is 0 Å². The van der Waals surface area contributed by atoms with Gasteiger partial charge in [0, 0.05) is 24.0 Å². The maximum Gasteiger partial charge on any atom is 0.272 e. The number of nitrogens with zero attached hydrogens (tertiary/aromatic N) is 3. The molecular weight excluding hydrogens is 322 g/mol. The highest BCUT2D eigenvalue weighted by atomic mass is 16.3. The van der Waals surface area contributed by atoms with Crippen molar-refractivity contribution in [3.8, 4) is 22.7 Å². The normalized spacial score (nSPS) is 10.7. The summed E-state index contributed by atoms with van der Waals surface area (Å²) in [5.41, 5.74) is 3.00. The van der Waals surface area contributed by atoms with E-state index in [-0.39, 0.29) is 18.1 Å². The van der Waals surface area contributed by atoms with Crippen LogP contribution in [0, 0.1) is 0 Å². The van der Waals surface area contributed by atoms with Crippen LogP contribution in [0.1, 0.15) is 16.2 Å². The van der Waals surface area contributed by atoms with Crippen LogP contribution in [0.4, 0.5) is 0 Å². The molecule has 0 radical (unpaired) electrons. The van der Waals surface area contributed by atoms with Crippen LogP contribution in [-0.4, -0.2) is 26.1 Å². The highest BCUT2D eigenvalue weighted by molar-refractivity contribution is 5.93. The molecule has 0 bridgehead atoms. The van der Waals surface area contributed by atoms with E-state index in [4.69, 9.17) is 8.83 Å². The van der Waals surface area contributed by atoms with Crippen molar-refractivity contribution >= 4 is 5.91 Å². The van der Waals surface area contributed by atoms with E-state index in [0.29, 0.717) is 22.8 Å². The average Bonchev–Trinajstić information content (AvgIpc) is 3.41. The van der Waals surface area contributed by atoms with Crippen molar-refractivity contribution in [3.63, 3.8) is 0 Å². The highest BCUT2D eigenvalue weighted by Gasteiger charge is 2.14. The van der Waals surface area contributed by atoms with Gasteiger partial charge in [-0.1, -0.05) is 0 Å². The van der Waals surface area contributed by atoms with Crippen molar-refractivity contribution in [2.45, 2.75) is 6.54 Å². The summed E-state index contributed by atoms with van der Waals surface area (Å²) in [6.07, 6.45) is 7.87. The van der Waals surface area contributed by atoms with Crippen LogP contribution in [-0.2, 0) is 6.54 Å². The number of carbonyl (C=O) groups excluding carboxylic acids is 1. The molecule has 0 atom stereocenters. The van der Waals surface area contributed by atoms with Gasteiger partial charge in [0.05, 0.1) is 36.7 Å². The lowest BCUT2D eigenvalue weighted by Gasteiger charge is -2.06. The molecular formula is C17H13N5O3. The third-order valence-corrected chi connectivity index (χ3v) is 3.58. The fraction of sp³-hybridized carbons (Fsp3) is 0.0588. The van der Waals surface area contributed by atoms with Crippen molar-refractivity contribution < 1.29 is 13.6 Å². The maximum absolute atomic E-state index is 12.3. The molecule has 4 aromatic rings. The lowest BCUT2D eigenvalue weighted by Crippen LogP contribution is -2.24. The van der Waals surface area contributed by atoms with Gasteiger partial charge < -0.3 is 14.2 Å². The number of H-pyrrole nitrogens is 1. The van der Waals surface area contributed by atoms with E-state index in [9.17, 15) is 4.79 Å². The molecule has 124 valence electrons. The highest BCUT2D eigenvalue weighted by Crippen LogP contribution is 2.20. The van der Waals surface area contributed by atoms with E-state index < -0.39 is 0 Å². The average molecular weight is 335 g/mol. The molecule has 4 aromatic heterocycles. The molecule has 25 heavy (non-hydrogen) atoms. The summed E-state index contributed by atoms with van der Waals surface area (Å²) in [5.74, 6) is 0.292. The number of aromatic amines is 1. The fourth-order valence-corrected chi connectivity index (χ4v) is 2.39. The number of hydrogen-bond donors (Lipinski definition) is 2. The number of carbonyl (C=O) groups is 1. The molecule has 0 aliphatic carbocycles. The predicted octanol–water partition coefficient (Wildman–Crippen LogP) is 2.65. The van der Waals surface area contributed by atoms with Crippen LogP contribution in [0.5, 0.6) is 0 Å². The van der Waals surface area contributed by atoms with Gasteiger partial charge in [-0.25, -0.2) is 0 Å². The summed E-state index contributed by atoms with van der Waals surface area (Å²) in [6.45, 7) is 0.218. The van der Waals surface area contributed by atoms with E-state index in [2.05, 4.69) is 25.5 Å². The van der Waals surface area contributed by atoms with E-state index >= 15 is 0 Å². The third-order valence-electron chi connectivity index (χ3n) is 3.58. The third kappa shape index (κ3) is 3.05. The van der Waals surface area contributed by atoms with Crippen molar-refractivity contribution in [3.05, 3.63) is 66.8 Å². The minimum atomic E-state index is -0.321. The van der Waals surface area contributed by atoms with Gasteiger partial charge in [-0.2, -0.15) is 5.10 Å². The van der Waals surface area contributed by atoms with Crippen LogP contribution in [0.2, 0.25) is 0 Å². The zero-order valence-corrected chi connectivity index (χ0v) is 13.0. The second-order valence-electron chi connectivity index (χ2n) is 5.19. The van der Waals surface area contributed by atoms with Gasteiger partial charge in [-0.3, -0.25) is 19.9 Å². The topological polar surface area (TPSA) is 110 Å². The van der Waals surface area contributed by atoms with E-state index in [1.54, 1.807) is 55.4 Å². The lowest BCUT2D eigenvalue weighted by atomic mass is 10.2. The van der Waals surface area contributed by atoms with Gasteiger partial charge in [0.2, 0.25) is 0 Å². The second kappa shape index (κ2) is 6.44. The van der Waals surface area contributed by atoms with Crippen molar-refractivity contribution in [2.24, 2.45) is 0 Å². The zero-order chi connectivity index (χ0) is 17.1. The van der Waals surface area contributed by atoms with Crippen molar-refractivity contribution in [2.75, 3.05) is 0 Å². The SMILES string of the molecule is O=C(NCc1nccnc1-c1ccoc1)c1cc(-c2ccco2)[nH]n1. The fourth-order valence-electron chi connectivity index (χ4n) is 2.39. The van der Waals surface area contributed by atoms with Gasteiger partial charge in [0.1, 0.15) is 5.69 Å². The van der Waals surface area contributed by atoms with Gasteiger partial charge in [-0.05, 0) is 18.2 Å². The number of furan rings is 2. The smallest absolute Gasteiger partial charge is 0.272 e. The molecule has 8 nitrogen and oxygen atoms in total. The van der Waals surface area contributed by atoms with E-state index in [0.717, 1.165) is 5.56 Å². The lowest BCUT2D eigenvalue weighted by molar-refractivity contribution is 0.0945. The Morgan fingerprint density at radius 3 is 2.92 bits per heavy atom. The molecule has 1 amide bonds. The van der Waals surface area contributed by atoms with Crippen LogP contribution in [0.3, 0.4) is 0 Å². The number of nitrogens with one attached hydrogen (secondary N) is 2. The molecule has 0 aromatic carbocycles. The Morgan fingerprint density at radius 1 is 1.20 bits per heavy atom. The standard InChI is InChI=1S/C17H13N5O3/c23-17(13-8-12(21-22-13)15-2-1-6-25-15)20-9-14-16(19-5-4-18-14)11-3-7-24-10-11/h1-8,10H,9H2,(H,20,23)(H,21,22). The molecule has 0 saturated carbocycles. The number of rotatable bonds is 5. The molecule has 4 rings (SSSR count). The minimum Gasteiger partial charge on any atom is -0.472 e. The summed E-state index contributed by atoms with van der Waals surface area (Å²) in [4.78, 5) is 20.9. The maximum atomic E-state index is 12.3. The Morgan fingerprint density at radius 2 is 2.12 bits per heavy atom. The number of amides is 1. The molecule has 0 unspecified atom stereocenters. The second-order valence-corrected chi connectivity index (χ2v) is 5.19. The first kappa shape index (κ1) is 14.9. The van der Waals surface area contributed by atoms with Gasteiger partial charge in [0.15, 0.2) is 11.5 Å². The molecule has 0 fully saturated rings. The molecule has 0 aliphatic rings. The van der Waals surface area contributed by atoms with Crippen LogP contribution >= 0.6 is 0 Å². The van der Waals surface area contributed by atoms with Gasteiger partial charge in [0.25, 0.3) is 5.91 Å². The molecule has 0 aliphatic heterocycles. The summed E-state index contributed by atoms with van der Waals surface area (Å²) in [6, 6.07) is 6.97. The molecule has 0 saturated heterocycles. The van der Waals surface area contributed by atoms with Gasteiger partial charge >= 0.3 is 0 Å². The quantitative estimate of drug-likeness (QED) is 0.580. The van der Waals surface area contributed by atoms with Gasteiger partial charge in [-0.15, -0.1) is 0 Å².